The average molecular weight is 311 g/mol. The minimum Gasteiger partial charge on any atom is -0.310 e. The molecule has 2 aromatic heterocycles. The van der Waals surface area contributed by atoms with Gasteiger partial charge in [-0.25, -0.2) is 4.98 Å². The van der Waals surface area contributed by atoms with E-state index in [-0.39, 0.29) is 5.91 Å². The Morgan fingerprint density at radius 2 is 1.91 bits per heavy atom. The molecule has 2 heterocycles. The fraction of sp³-hybridized carbons (Fsp3) is 0.353. The lowest BCUT2D eigenvalue weighted by Gasteiger charge is -2.10. The maximum absolute atomic E-state index is 12.6. The Bertz CT molecular complexity index is 817. The van der Waals surface area contributed by atoms with Gasteiger partial charge in [0, 0.05) is 19.3 Å². The number of hydrogen-bond acceptors (Lipinski definition) is 3. The SMILES string of the molecule is CCCn1nccc1C(=O)Nc1nc2ccccc2n1CCC. The number of nitrogens with one attached hydrogen (secondary N) is 1. The van der Waals surface area contributed by atoms with Crippen LogP contribution in [0.5, 0.6) is 0 Å². The molecule has 0 saturated carbocycles. The van der Waals surface area contributed by atoms with E-state index in [2.05, 4.69) is 29.2 Å². The van der Waals surface area contributed by atoms with Crippen LogP contribution >= 0.6 is 0 Å². The van der Waals surface area contributed by atoms with Crippen molar-refractivity contribution in [2.45, 2.75) is 39.8 Å². The van der Waals surface area contributed by atoms with Crippen LogP contribution in [0.15, 0.2) is 36.5 Å². The summed E-state index contributed by atoms with van der Waals surface area (Å²) in [7, 11) is 0. The lowest BCUT2D eigenvalue weighted by molar-refractivity contribution is 0.101. The van der Waals surface area contributed by atoms with Crippen LogP contribution in [-0.2, 0) is 13.1 Å². The van der Waals surface area contributed by atoms with E-state index >= 15 is 0 Å². The largest absolute Gasteiger partial charge is 0.310 e. The van der Waals surface area contributed by atoms with Crippen LogP contribution in [-0.4, -0.2) is 25.2 Å². The number of imidazole rings is 1. The Morgan fingerprint density at radius 1 is 1.13 bits per heavy atom. The van der Waals surface area contributed by atoms with Crippen molar-refractivity contribution in [2.24, 2.45) is 0 Å². The summed E-state index contributed by atoms with van der Waals surface area (Å²) >= 11 is 0. The second kappa shape index (κ2) is 6.64. The van der Waals surface area contributed by atoms with Gasteiger partial charge < -0.3 is 4.57 Å². The third kappa shape index (κ3) is 2.97. The second-order valence-corrected chi connectivity index (χ2v) is 5.47. The monoisotopic (exact) mass is 311 g/mol. The van der Waals surface area contributed by atoms with Crippen LogP contribution in [0.3, 0.4) is 0 Å². The Hall–Kier alpha value is -2.63. The summed E-state index contributed by atoms with van der Waals surface area (Å²) in [6, 6.07) is 9.65. The van der Waals surface area contributed by atoms with Crippen molar-refractivity contribution in [3.8, 4) is 0 Å². The molecule has 6 nitrogen and oxygen atoms in total. The second-order valence-electron chi connectivity index (χ2n) is 5.47. The number of amides is 1. The van der Waals surface area contributed by atoms with Crippen LogP contribution < -0.4 is 5.32 Å². The van der Waals surface area contributed by atoms with Gasteiger partial charge in [-0.3, -0.25) is 14.8 Å². The third-order valence-corrected chi connectivity index (χ3v) is 3.71. The minimum atomic E-state index is -0.177. The Kier molecular flexibility index (Phi) is 4.41. The topological polar surface area (TPSA) is 64.7 Å². The normalized spacial score (nSPS) is 11.0. The highest BCUT2D eigenvalue weighted by Gasteiger charge is 2.16. The lowest BCUT2D eigenvalue weighted by Crippen LogP contribution is -2.20. The predicted octanol–water partition coefficient (Wildman–Crippen LogP) is 3.31. The van der Waals surface area contributed by atoms with Crippen molar-refractivity contribution in [3.05, 3.63) is 42.2 Å². The first kappa shape index (κ1) is 15.3. The van der Waals surface area contributed by atoms with Crippen molar-refractivity contribution in [1.29, 1.82) is 0 Å². The van der Waals surface area contributed by atoms with Crippen LogP contribution in [0, 0.1) is 0 Å². The fourth-order valence-corrected chi connectivity index (χ4v) is 2.70. The molecular formula is C17H21N5O. The molecule has 0 saturated heterocycles. The zero-order chi connectivity index (χ0) is 16.2. The first-order chi connectivity index (χ1) is 11.2. The number of para-hydroxylation sites is 2. The number of aryl methyl sites for hydroxylation is 2. The molecule has 0 spiro atoms. The van der Waals surface area contributed by atoms with Gasteiger partial charge in [-0.2, -0.15) is 5.10 Å². The van der Waals surface area contributed by atoms with E-state index in [1.807, 2.05) is 28.8 Å². The molecular weight excluding hydrogens is 290 g/mol. The van der Waals surface area contributed by atoms with E-state index in [9.17, 15) is 4.79 Å². The molecule has 1 N–H and O–H groups in total. The quantitative estimate of drug-likeness (QED) is 0.759. The number of hydrogen-bond donors (Lipinski definition) is 1. The number of fused-ring (bicyclic) bond motifs is 1. The molecule has 0 aliphatic heterocycles. The van der Waals surface area contributed by atoms with Crippen molar-refractivity contribution in [2.75, 3.05) is 5.32 Å². The minimum absolute atomic E-state index is 0.177. The van der Waals surface area contributed by atoms with Crippen LogP contribution in [0.2, 0.25) is 0 Å². The molecule has 120 valence electrons. The molecule has 0 fully saturated rings. The van der Waals surface area contributed by atoms with Gasteiger partial charge in [-0.1, -0.05) is 26.0 Å². The van der Waals surface area contributed by atoms with Crippen molar-refractivity contribution < 1.29 is 4.79 Å². The van der Waals surface area contributed by atoms with E-state index < -0.39 is 0 Å². The summed E-state index contributed by atoms with van der Waals surface area (Å²) < 4.78 is 3.77. The number of carbonyl (C=O) groups is 1. The maximum atomic E-state index is 12.6. The van der Waals surface area contributed by atoms with Crippen molar-refractivity contribution in [1.82, 2.24) is 19.3 Å². The zero-order valence-electron chi connectivity index (χ0n) is 13.5. The van der Waals surface area contributed by atoms with Gasteiger partial charge >= 0.3 is 0 Å². The number of carbonyl (C=O) groups excluding carboxylic acids is 1. The number of rotatable bonds is 6. The molecule has 1 amide bonds. The highest BCUT2D eigenvalue weighted by Crippen LogP contribution is 2.20. The highest BCUT2D eigenvalue weighted by atomic mass is 16.2. The first-order valence-corrected chi connectivity index (χ1v) is 8.03. The first-order valence-electron chi connectivity index (χ1n) is 8.03. The maximum Gasteiger partial charge on any atom is 0.276 e. The summed E-state index contributed by atoms with van der Waals surface area (Å²) in [5, 5.41) is 7.14. The summed E-state index contributed by atoms with van der Waals surface area (Å²) in [5.41, 5.74) is 2.48. The van der Waals surface area contributed by atoms with Gasteiger partial charge in [-0.15, -0.1) is 0 Å². The Balaban J connectivity index is 1.92. The highest BCUT2D eigenvalue weighted by molar-refractivity contribution is 6.02. The van der Waals surface area contributed by atoms with Crippen molar-refractivity contribution >= 4 is 22.9 Å². The molecule has 3 rings (SSSR count). The van der Waals surface area contributed by atoms with Crippen LogP contribution in [0.4, 0.5) is 5.95 Å². The van der Waals surface area contributed by atoms with Gasteiger partial charge in [0.15, 0.2) is 0 Å². The van der Waals surface area contributed by atoms with Gasteiger partial charge in [0.2, 0.25) is 5.95 Å². The third-order valence-electron chi connectivity index (χ3n) is 3.71. The Morgan fingerprint density at radius 3 is 2.70 bits per heavy atom. The summed E-state index contributed by atoms with van der Waals surface area (Å²) in [5.74, 6) is 0.408. The summed E-state index contributed by atoms with van der Waals surface area (Å²) in [6.07, 6.45) is 3.55. The molecule has 0 radical (unpaired) electrons. The van der Waals surface area contributed by atoms with Gasteiger partial charge in [0.05, 0.1) is 11.0 Å². The van der Waals surface area contributed by atoms with Gasteiger partial charge in [-0.05, 0) is 31.0 Å². The molecule has 0 aliphatic rings. The number of nitrogens with zero attached hydrogens (tertiary/aromatic N) is 4. The van der Waals surface area contributed by atoms with E-state index in [0.717, 1.165) is 37.0 Å². The Labute approximate surface area is 135 Å². The molecule has 0 atom stereocenters. The number of benzene rings is 1. The molecule has 1 aromatic carbocycles. The molecule has 23 heavy (non-hydrogen) atoms. The molecule has 3 aromatic rings. The van der Waals surface area contributed by atoms with Gasteiger partial charge in [0.1, 0.15) is 5.69 Å². The van der Waals surface area contributed by atoms with E-state index in [4.69, 9.17) is 0 Å². The molecule has 0 unspecified atom stereocenters. The van der Waals surface area contributed by atoms with Crippen LogP contribution in [0.1, 0.15) is 37.2 Å². The molecule has 6 heteroatoms. The number of anilines is 1. The van der Waals surface area contributed by atoms with E-state index in [1.165, 1.54) is 0 Å². The molecule has 0 bridgehead atoms. The summed E-state index contributed by atoms with van der Waals surface area (Å²) in [4.78, 5) is 17.1. The van der Waals surface area contributed by atoms with Gasteiger partial charge in [0.25, 0.3) is 5.91 Å². The number of aromatic nitrogens is 4. The fourth-order valence-electron chi connectivity index (χ4n) is 2.70. The standard InChI is InChI=1S/C17H21N5O/c1-3-11-21-14-8-6-5-7-13(14)19-17(21)20-16(23)15-9-10-18-22(15)12-4-2/h5-10H,3-4,11-12H2,1-2H3,(H,19,20,23). The van der Waals surface area contributed by atoms with Crippen LogP contribution in [0.25, 0.3) is 11.0 Å². The van der Waals surface area contributed by atoms with Crippen molar-refractivity contribution in [3.63, 3.8) is 0 Å². The van der Waals surface area contributed by atoms with E-state index in [0.29, 0.717) is 11.6 Å². The zero-order valence-corrected chi connectivity index (χ0v) is 13.5. The smallest absolute Gasteiger partial charge is 0.276 e. The molecule has 0 aliphatic carbocycles. The predicted molar refractivity (Wildman–Crippen MR) is 90.5 cm³/mol. The average Bonchev–Trinajstić information content (AvgIpc) is 3.14. The lowest BCUT2D eigenvalue weighted by atomic mass is 10.3. The van der Waals surface area contributed by atoms with E-state index in [1.54, 1.807) is 16.9 Å². The summed E-state index contributed by atoms with van der Waals surface area (Å²) in [6.45, 7) is 5.70.